The number of nitrogens with one attached hydrogen (secondary N) is 1. The molecule has 0 aliphatic carbocycles. The van der Waals surface area contributed by atoms with E-state index in [0.29, 0.717) is 12.4 Å². The van der Waals surface area contributed by atoms with Gasteiger partial charge in [0, 0.05) is 6.20 Å². The first-order valence-electron chi connectivity index (χ1n) is 6.48. The lowest BCUT2D eigenvalue weighted by Gasteiger charge is -2.19. The lowest BCUT2D eigenvalue weighted by atomic mass is 10.0. The third-order valence-electron chi connectivity index (χ3n) is 2.96. The normalized spacial score (nSPS) is 11.9. The summed E-state index contributed by atoms with van der Waals surface area (Å²) < 4.78 is 10.9. The van der Waals surface area contributed by atoms with E-state index >= 15 is 0 Å². The second-order valence-electron chi connectivity index (χ2n) is 4.20. The Bertz CT molecular complexity index is 560. The number of hydrazine groups is 1. The third-order valence-corrected chi connectivity index (χ3v) is 2.96. The number of benzene rings is 1. The van der Waals surface area contributed by atoms with E-state index in [-0.39, 0.29) is 6.04 Å². The second-order valence-corrected chi connectivity index (χ2v) is 4.20. The van der Waals surface area contributed by atoms with E-state index < -0.39 is 0 Å². The van der Waals surface area contributed by atoms with Crippen LogP contribution in [0.3, 0.4) is 0 Å². The van der Waals surface area contributed by atoms with Crippen molar-refractivity contribution in [2.24, 2.45) is 5.84 Å². The average Bonchev–Trinajstić information content (AvgIpc) is 2.49. The Morgan fingerprint density at radius 1 is 1.30 bits per heavy atom. The average molecular weight is 273 g/mol. The number of hydrogen-bond donors (Lipinski definition) is 2. The van der Waals surface area contributed by atoms with Gasteiger partial charge in [-0.2, -0.15) is 0 Å². The molecule has 0 aliphatic rings. The molecule has 20 heavy (non-hydrogen) atoms. The molecule has 0 radical (unpaired) electrons. The molecule has 1 aromatic heterocycles. The number of rotatable bonds is 6. The van der Waals surface area contributed by atoms with Crippen molar-refractivity contribution in [3.05, 3.63) is 53.9 Å². The minimum absolute atomic E-state index is 0.258. The number of methoxy groups -OCH3 is 1. The van der Waals surface area contributed by atoms with Crippen LogP contribution in [0.4, 0.5) is 0 Å². The lowest BCUT2D eigenvalue weighted by Crippen LogP contribution is -2.29. The highest BCUT2D eigenvalue weighted by Gasteiger charge is 2.18. The molecular weight excluding hydrogens is 254 g/mol. The molecule has 0 amide bonds. The van der Waals surface area contributed by atoms with Gasteiger partial charge in [0.25, 0.3) is 0 Å². The summed E-state index contributed by atoms with van der Waals surface area (Å²) in [6, 6.07) is 11.2. The van der Waals surface area contributed by atoms with Crippen LogP contribution in [0, 0.1) is 0 Å². The molecule has 1 unspecified atom stereocenters. The number of hydrogen-bond acceptors (Lipinski definition) is 5. The third kappa shape index (κ3) is 3.07. The van der Waals surface area contributed by atoms with E-state index in [1.807, 2.05) is 43.3 Å². The zero-order valence-electron chi connectivity index (χ0n) is 11.7. The molecule has 106 valence electrons. The largest absolute Gasteiger partial charge is 0.495 e. The molecule has 2 rings (SSSR count). The Hall–Kier alpha value is -2.11. The molecule has 1 heterocycles. The zero-order chi connectivity index (χ0) is 14.4. The maximum Gasteiger partial charge on any atom is 0.142 e. The van der Waals surface area contributed by atoms with Crippen LogP contribution in [-0.4, -0.2) is 18.7 Å². The predicted molar refractivity (Wildman–Crippen MR) is 77.6 cm³/mol. The van der Waals surface area contributed by atoms with Gasteiger partial charge < -0.3 is 9.47 Å². The molecule has 5 heteroatoms. The summed E-state index contributed by atoms with van der Waals surface area (Å²) in [7, 11) is 1.62. The first-order chi connectivity index (χ1) is 9.80. The highest BCUT2D eigenvalue weighted by molar-refractivity contribution is 5.39. The van der Waals surface area contributed by atoms with E-state index in [9.17, 15) is 0 Å². The number of aromatic nitrogens is 1. The van der Waals surface area contributed by atoms with Gasteiger partial charge in [-0.1, -0.05) is 12.1 Å². The van der Waals surface area contributed by atoms with Crippen molar-refractivity contribution < 1.29 is 9.47 Å². The van der Waals surface area contributed by atoms with Crippen molar-refractivity contribution in [1.82, 2.24) is 10.4 Å². The second kappa shape index (κ2) is 6.88. The van der Waals surface area contributed by atoms with Gasteiger partial charge in [-0.3, -0.25) is 10.8 Å². The van der Waals surface area contributed by atoms with Gasteiger partial charge in [-0.15, -0.1) is 0 Å². The number of nitrogens with zero attached hydrogens (tertiary/aromatic N) is 1. The van der Waals surface area contributed by atoms with Crippen molar-refractivity contribution in [1.29, 1.82) is 0 Å². The quantitative estimate of drug-likeness (QED) is 0.622. The van der Waals surface area contributed by atoms with Gasteiger partial charge in [-0.05, 0) is 36.8 Å². The summed E-state index contributed by atoms with van der Waals surface area (Å²) in [5.41, 5.74) is 4.49. The number of nitrogens with two attached hydrogens (primary N) is 1. The SMILES string of the molecule is CCOc1cccc(C(NN)c2ncccc2OC)c1. The van der Waals surface area contributed by atoms with Crippen molar-refractivity contribution in [2.45, 2.75) is 13.0 Å². The van der Waals surface area contributed by atoms with Crippen LogP contribution in [0.2, 0.25) is 0 Å². The van der Waals surface area contributed by atoms with Crippen LogP contribution in [0.15, 0.2) is 42.6 Å². The van der Waals surface area contributed by atoms with E-state index in [1.54, 1.807) is 13.3 Å². The van der Waals surface area contributed by atoms with Crippen LogP contribution < -0.4 is 20.7 Å². The first-order valence-corrected chi connectivity index (χ1v) is 6.48. The molecule has 0 saturated heterocycles. The zero-order valence-corrected chi connectivity index (χ0v) is 11.7. The van der Waals surface area contributed by atoms with E-state index in [2.05, 4.69) is 10.4 Å². The Morgan fingerprint density at radius 2 is 2.15 bits per heavy atom. The smallest absolute Gasteiger partial charge is 0.142 e. The van der Waals surface area contributed by atoms with Crippen molar-refractivity contribution in [2.75, 3.05) is 13.7 Å². The van der Waals surface area contributed by atoms with Crippen LogP contribution in [-0.2, 0) is 0 Å². The standard InChI is InChI=1S/C15H19N3O2/c1-3-20-12-7-4-6-11(10-12)14(18-16)15-13(19-2)8-5-9-17-15/h4-10,14,18H,3,16H2,1-2H3. The number of pyridine rings is 1. The topological polar surface area (TPSA) is 69.4 Å². The molecular formula is C15H19N3O2. The van der Waals surface area contributed by atoms with Crippen molar-refractivity contribution in [3.63, 3.8) is 0 Å². The minimum Gasteiger partial charge on any atom is -0.495 e. The molecule has 5 nitrogen and oxygen atoms in total. The monoisotopic (exact) mass is 273 g/mol. The van der Waals surface area contributed by atoms with E-state index in [4.69, 9.17) is 15.3 Å². The molecule has 3 N–H and O–H groups in total. The van der Waals surface area contributed by atoms with Crippen LogP contribution in [0.25, 0.3) is 0 Å². The Morgan fingerprint density at radius 3 is 2.85 bits per heavy atom. The summed E-state index contributed by atoms with van der Waals surface area (Å²) in [6.07, 6.45) is 1.72. The van der Waals surface area contributed by atoms with Gasteiger partial charge in [-0.25, -0.2) is 5.43 Å². The summed E-state index contributed by atoms with van der Waals surface area (Å²) in [6.45, 7) is 2.57. The molecule has 2 aromatic rings. The van der Waals surface area contributed by atoms with Crippen LogP contribution in [0.5, 0.6) is 11.5 Å². The van der Waals surface area contributed by atoms with E-state index in [1.165, 1.54) is 0 Å². The minimum atomic E-state index is -0.258. The lowest BCUT2D eigenvalue weighted by molar-refractivity contribution is 0.339. The Labute approximate surface area is 118 Å². The Balaban J connectivity index is 2.39. The van der Waals surface area contributed by atoms with Gasteiger partial charge >= 0.3 is 0 Å². The van der Waals surface area contributed by atoms with Gasteiger partial charge in [0.2, 0.25) is 0 Å². The molecule has 1 atom stereocenters. The van der Waals surface area contributed by atoms with Gasteiger partial charge in [0.15, 0.2) is 0 Å². The summed E-state index contributed by atoms with van der Waals surface area (Å²) in [5, 5.41) is 0. The molecule has 0 bridgehead atoms. The van der Waals surface area contributed by atoms with Gasteiger partial charge in [0.05, 0.1) is 19.8 Å². The fraction of sp³-hybridized carbons (Fsp3) is 0.267. The van der Waals surface area contributed by atoms with Crippen LogP contribution >= 0.6 is 0 Å². The van der Waals surface area contributed by atoms with Gasteiger partial charge in [0.1, 0.15) is 17.2 Å². The molecule has 0 saturated carbocycles. The molecule has 1 aromatic carbocycles. The van der Waals surface area contributed by atoms with E-state index in [0.717, 1.165) is 17.0 Å². The number of ether oxygens (including phenoxy) is 2. The maximum atomic E-state index is 5.70. The molecule has 0 aliphatic heterocycles. The highest BCUT2D eigenvalue weighted by atomic mass is 16.5. The van der Waals surface area contributed by atoms with Crippen LogP contribution in [0.1, 0.15) is 24.2 Å². The summed E-state index contributed by atoms with van der Waals surface area (Å²) >= 11 is 0. The molecule has 0 fully saturated rings. The highest BCUT2D eigenvalue weighted by Crippen LogP contribution is 2.29. The maximum absolute atomic E-state index is 5.70. The Kier molecular flexibility index (Phi) is 4.92. The van der Waals surface area contributed by atoms with Crippen molar-refractivity contribution >= 4 is 0 Å². The molecule has 0 spiro atoms. The fourth-order valence-electron chi connectivity index (χ4n) is 2.08. The first kappa shape index (κ1) is 14.3. The van der Waals surface area contributed by atoms with Crippen molar-refractivity contribution in [3.8, 4) is 11.5 Å². The summed E-state index contributed by atoms with van der Waals surface area (Å²) in [5.74, 6) is 7.20. The predicted octanol–water partition coefficient (Wildman–Crippen LogP) is 2.04. The summed E-state index contributed by atoms with van der Waals surface area (Å²) in [4.78, 5) is 4.36. The fourth-order valence-corrected chi connectivity index (χ4v) is 2.08.